The highest BCUT2D eigenvalue weighted by Gasteiger charge is 2.29. The van der Waals surface area contributed by atoms with Crippen LogP contribution < -0.4 is 10.2 Å². The summed E-state index contributed by atoms with van der Waals surface area (Å²) in [6.45, 7) is 1.85. The lowest BCUT2D eigenvalue weighted by atomic mass is 10.2. The van der Waals surface area contributed by atoms with Crippen molar-refractivity contribution in [2.24, 2.45) is 0 Å². The number of anilines is 1. The van der Waals surface area contributed by atoms with Gasteiger partial charge in [-0.25, -0.2) is 14.8 Å². The number of aromatic nitrogens is 2. The number of carbonyl (C=O) groups is 1. The number of carboxylic acid groups (broad SMARTS) is 1. The van der Waals surface area contributed by atoms with Crippen LogP contribution in [0.2, 0.25) is 0 Å². The summed E-state index contributed by atoms with van der Waals surface area (Å²) in [6, 6.07) is 1.19. The largest absolute Gasteiger partial charge is 0.480 e. The van der Waals surface area contributed by atoms with Crippen molar-refractivity contribution in [3.63, 3.8) is 0 Å². The summed E-state index contributed by atoms with van der Waals surface area (Å²) in [6.07, 6.45) is 3.56. The van der Waals surface area contributed by atoms with E-state index in [1.54, 1.807) is 17.2 Å². The van der Waals surface area contributed by atoms with E-state index in [-0.39, 0.29) is 0 Å². The van der Waals surface area contributed by atoms with Crippen LogP contribution in [0.5, 0.6) is 0 Å². The fourth-order valence-corrected chi connectivity index (χ4v) is 2.14. The molecule has 0 spiro atoms. The van der Waals surface area contributed by atoms with Crippen LogP contribution in [0.15, 0.2) is 17.4 Å². The van der Waals surface area contributed by atoms with E-state index in [1.165, 1.54) is 11.8 Å². The molecule has 1 saturated heterocycles. The molecule has 1 fully saturated rings. The molecule has 2 N–H and O–H groups in total. The van der Waals surface area contributed by atoms with Crippen LogP contribution in [0.25, 0.3) is 0 Å². The van der Waals surface area contributed by atoms with Gasteiger partial charge in [-0.1, -0.05) is 11.8 Å². The average Bonchev–Trinajstić information content (AvgIpc) is 2.39. The van der Waals surface area contributed by atoms with Crippen LogP contribution in [-0.4, -0.2) is 53.0 Å². The molecule has 2 rings (SSSR count). The smallest absolute Gasteiger partial charge is 0.327 e. The Hall–Kier alpha value is -1.34. The van der Waals surface area contributed by atoms with Gasteiger partial charge in [0.25, 0.3) is 0 Å². The molecular formula is C10H14N4O2S. The van der Waals surface area contributed by atoms with Gasteiger partial charge in [-0.15, -0.1) is 0 Å². The van der Waals surface area contributed by atoms with Gasteiger partial charge in [0, 0.05) is 25.8 Å². The summed E-state index contributed by atoms with van der Waals surface area (Å²) in [5.74, 6) is -0.153. The van der Waals surface area contributed by atoms with Gasteiger partial charge in [-0.3, -0.25) is 0 Å². The molecule has 92 valence electrons. The maximum Gasteiger partial charge on any atom is 0.327 e. The van der Waals surface area contributed by atoms with E-state index < -0.39 is 12.0 Å². The molecule has 17 heavy (non-hydrogen) atoms. The minimum Gasteiger partial charge on any atom is -0.480 e. The summed E-state index contributed by atoms with van der Waals surface area (Å²) in [4.78, 5) is 21.4. The highest BCUT2D eigenvalue weighted by atomic mass is 32.2. The summed E-state index contributed by atoms with van der Waals surface area (Å²) in [5, 5.41) is 12.9. The van der Waals surface area contributed by atoms with E-state index >= 15 is 0 Å². The Bertz CT molecular complexity index is 415. The maximum atomic E-state index is 11.2. The van der Waals surface area contributed by atoms with Crippen LogP contribution in [-0.2, 0) is 4.79 Å². The Morgan fingerprint density at radius 1 is 1.71 bits per heavy atom. The number of thioether (sulfide) groups is 1. The summed E-state index contributed by atoms with van der Waals surface area (Å²) >= 11 is 1.44. The van der Waals surface area contributed by atoms with E-state index in [9.17, 15) is 4.79 Å². The number of rotatable bonds is 3. The second-order valence-electron chi connectivity index (χ2n) is 3.65. The number of nitrogens with zero attached hydrogens (tertiary/aromatic N) is 3. The van der Waals surface area contributed by atoms with Crippen LogP contribution in [0.4, 0.5) is 5.82 Å². The maximum absolute atomic E-state index is 11.2. The summed E-state index contributed by atoms with van der Waals surface area (Å²) < 4.78 is 0. The second kappa shape index (κ2) is 5.33. The fraction of sp³-hybridized carbons (Fsp3) is 0.500. The molecule has 0 aromatic carbocycles. The van der Waals surface area contributed by atoms with E-state index in [0.29, 0.717) is 24.1 Å². The molecule has 1 atom stereocenters. The van der Waals surface area contributed by atoms with Crippen LogP contribution in [0, 0.1) is 0 Å². The molecule has 1 aliphatic heterocycles. The van der Waals surface area contributed by atoms with Crippen molar-refractivity contribution in [2.45, 2.75) is 11.2 Å². The van der Waals surface area contributed by atoms with Gasteiger partial charge < -0.3 is 15.3 Å². The molecule has 1 aromatic heterocycles. The highest BCUT2D eigenvalue weighted by molar-refractivity contribution is 7.98. The zero-order chi connectivity index (χ0) is 12.3. The van der Waals surface area contributed by atoms with Crippen molar-refractivity contribution in [3.8, 4) is 0 Å². The van der Waals surface area contributed by atoms with Gasteiger partial charge in [0.05, 0.1) is 0 Å². The number of hydrogen-bond acceptors (Lipinski definition) is 6. The van der Waals surface area contributed by atoms with E-state index in [2.05, 4.69) is 15.3 Å². The third kappa shape index (κ3) is 2.67. The number of hydrogen-bond donors (Lipinski definition) is 2. The Kier molecular flexibility index (Phi) is 3.80. The number of piperazine rings is 1. The molecule has 0 amide bonds. The van der Waals surface area contributed by atoms with Crippen LogP contribution in [0.1, 0.15) is 0 Å². The van der Waals surface area contributed by atoms with Crippen molar-refractivity contribution in [1.82, 2.24) is 15.3 Å². The lowest BCUT2D eigenvalue weighted by Crippen LogP contribution is -2.55. The standard InChI is InChI=1S/C10H14N4O2S/c1-17-10-12-3-2-8(13-10)14-5-4-11-6-7(14)9(15)16/h2-3,7,11H,4-6H2,1H3,(H,15,16)/t7-/m0/s1. The first kappa shape index (κ1) is 12.1. The molecule has 2 heterocycles. The minimum absolute atomic E-state index is 0.438. The molecule has 6 nitrogen and oxygen atoms in total. The summed E-state index contributed by atoms with van der Waals surface area (Å²) in [7, 11) is 0. The van der Waals surface area contributed by atoms with Crippen LogP contribution >= 0.6 is 11.8 Å². The predicted molar refractivity (Wildman–Crippen MR) is 65.5 cm³/mol. The number of aliphatic carboxylic acids is 1. The van der Waals surface area contributed by atoms with Crippen molar-refractivity contribution in [2.75, 3.05) is 30.8 Å². The Morgan fingerprint density at radius 2 is 2.53 bits per heavy atom. The second-order valence-corrected chi connectivity index (χ2v) is 4.43. The van der Waals surface area contributed by atoms with Gasteiger partial charge in [0.1, 0.15) is 11.9 Å². The van der Waals surface area contributed by atoms with Crippen molar-refractivity contribution < 1.29 is 9.90 Å². The lowest BCUT2D eigenvalue weighted by Gasteiger charge is -2.34. The predicted octanol–water partition coefficient (Wildman–Crippen LogP) is 0.0613. The molecule has 0 unspecified atom stereocenters. The fourth-order valence-electron chi connectivity index (χ4n) is 1.79. The molecule has 1 aromatic rings. The molecule has 0 radical (unpaired) electrons. The van der Waals surface area contributed by atoms with Gasteiger partial charge in [0.15, 0.2) is 5.16 Å². The third-order valence-electron chi connectivity index (χ3n) is 2.62. The molecule has 0 aliphatic carbocycles. The summed E-state index contributed by atoms with van der Waals surface area (Å²) in [5.41, 5.74) is 0. The zero-order valence-corrected chi connectivity index (χ0v) is 10.3. The third-order valence-corrected chi connectivity index (χ3v) is 3.19. The Labute approximate surface area is 103 Å². The Balaban J connectivity index is 2.26. The van der Waals surface area contributed by atoms with E-state index in [1.807, 2.05) is 6.26 Å². The SMILES string of the molecule is CSc1nccc(N2CCNC[C@H]2C(=O)O)n1. The molecular weight excluding hydrogens is 240 g/mol. The first-order valence-electron chi connectivity index (χ1n) is 5.29. The monoisotopic (exact) mass is 254 g/mol. The van der Waals surface area contributed by atoms with Crippen LogP contribution in [0.3, 0.4) is 0 Å². The first-order chi connectivity index (χ1) is 8.22. The molecule has 1 aliphatic rings. The van der Waals surface area contributed by atoms with E-state index in [4.69, 9.17) is 5.11 Å². The topological polar surface area (TPSA) is 78.4 Å². The zero-order valence-electron chi connectivity index (χ0n) is 9.46. The normalized spacial score (nSPS) is 20.3. The van der Waals surface area contributed by atoms with Crippen molar-refractivity contribution in [3.05, 3.63) is 12.3 Å². The van der Waals surface area contributed by atoms with Gasteiger partial charge in [0.2, 0.25) is 0 Å². The molecule has 0 saturated carbocycles. The Morgan fingerprint density at radius 3 is 3.24 bits per heavy atom. The minimum atomic E-state index is -0.832. The van der Waals surface area contributed by atoms with Crippen molar-refractivity contribution >= 4 is 23.5 Å². The first-order valence-corrected chi connectivity index (χ1v) is 6.52. The van der Waals surface area contributed by atoms with E-state index in [0.717, 1.165) is 6.54 Å². The lowest BCUT2D eigenvalue weighted by molar-refractivity contribution is -0.138. The van der Waals surface area contributed by atoms with Gasteiger partial charge in [-0.2, -0.15) is 0 Å². The molecule has 0 bridgehead atoms. The van der Waals surface area contributed by atoms with Gasteiger partial charge >= 0.3 is 5.97 Å². The van der Waals surface area contributed by atoms with Gasteiger partial charge in [-0.05, 0) is 12.3 Å². The highest BCUT2D eigenvalue weighted by Crippen LogP contribution is 2.18. The number of carboxylic acids is 1. The average molecular weight is 254 g/mol. The molecule has 7 heteroatoms. The quantitative estimate of drug-likeness (QED) is 0.583. The van der Waals surface area contributed by atoms with Crippen molar-refractivity contribution in [1.29, 1.82) is 0 Å². The number of nitrogens with one attached hydrogen (secondary N) is 1.